The monoisotopic (exact) mass is 259 g/mol. The molecule has 1 N–H and O–H groups in total. The minimum absolute atomic E-state index is 0.787. The number of aryl methyl sites for hydroxylation is 1. The van der Waals surface area contributed by atoms with Gasteiger partial charge in [-0.05, 0) is 35.2 Å². The molecule has 94 valence electrons. The Labute approximate surface area is 114 Å². The third-order valence-corrected chi connectivity index (χ3v) is 3.31. The summed E-state index contributed by atoms with van der Waals surface area (Å²) in [4.78, 5) is 0. The van der Waals surface area contributed by atoms with Gasteiger partial charge in [0.1, 0.15) is 0 Å². The van der Waals surface area contributed by atoms with Crippen molar-refractivity contribution >= 4 is 11.6 Å². The molecule has 2 aromatic carbocycles. The summed E-state index contributed by atoms with van der Waals surface area (Å²) in [6.07, 6.45) is 1.08. The van der Waals surface area contributed by atoms with E-state index in [2.05, 4.69) is 48.6 Å². The lowest BCUT2D eigenvalue weighted by Gasteiger charge is -2.09. The smallest absolute Gasteiger partial charge is 0.0406 e. The molecule has 0 unspecified atom stereocenters. The summed E-state index contributed by atoms with van der Waals surface area (Å²) in [7, 11) is 0. The van der Waals surface area contributed by atoms with Gasteiger partial charge in [-0.1, -0.05) is 54.9 Å². The van der Waals surface area contributed by atoms with Gasteiger partial charge in [0, 0.05) is 18.1 Å². The first kappa shape index (κ1) is 13.1. The Kier molecular flexibility index (Phi) is 4.80. The second kappa shape index (κ2) is 6.58. The van der Waals surface area contributed by atoms with E-state index in [0.29, 0.717) is 0 Å². The van der Waals surface area contributed by atoms with Crippen molar-refractivity contribution in [1.82, 2.24) is 5.32 Å². The molecule has 0 fully saturated rings. The van der Waals surface area contributed by atoms with Crippen molar-refractivity contribution in [3.8, 4) is 0 Å². The molecule has 18 heavy (non-hydrogen) atoms. The number of rotatable bonds is 5. The van der Waals surface area contributed by atoms with Crippen molar-refractivity contribution in [2.45, 2.75) is 26.4 Å². The van der Waals surface area contributed by atoms with Gasteiger partial charge in [0.15, 0.2) is 0 Å². The van der Waals surface area contributed by atoms with Crippen LogP contribution in [0.1, 0.15) is 23.6 Å². The molecule has 0 radical (unpaired) electrons. The van der Waals surface area contributed by atoms with E-state index in [-0.39, 0.29) is 0 Å². The summed E-state index contributed by atoms with van der Waals surface area (Å²) in [5.41, 5.74) is 4.06. The topological polar surface area (TPSA) is 12.0 Å². The highest BCUT2D eigenvalue weighted by atomic mass is 35.5. The Balaban J connectivity index is 1.90. The predicted molar refractivity (Wildman–Crippen MR) is 77.8 cm³/mol. The quantitative estimate of drug-likeness (QED) is 0.849. The average molecular weight is 260 g/mol. The molecule has 0 aromatic heterocycles. The Morgan fingerprint density at radius 2 is 1.56 bits per heavy atom. The van der Waals surface area contributed by atoms with Crippen LogP contribution in [0.25, 0.3) is 0 Å². The van der Waals surface area contributed by atoms with E-state index in [4.69, 9.17) is 11.6 Å². The van der Waals surface area contributed by atoms with Crippen molar-refractivity contribution in [1.29, 1.82) is 0 Å². The third kappa shape index (κ3) is 3.59. The molecule has 2 rings (SSSR count). The van der Waals surface area contributed by atoms with Gasteiger partial charge in [-0.2, -0.15) is 0 Å². The molecule has 0 aliphatic heterocycles. The van der Waals surface area contributed by atoms with Crippen molar-refractivity contribution in [2.24, 2.45) is 0 Å². The maximum Gasteiger partial charge on any atom is 0.0406 e. The number of hydrogen-bond donors (Lipinski definition) is 1. The van der Waals surface area contributed by atoms with Gasteiger partial charge in [-0.25, -0.2) is 0 Å². The minimum atomic E-state index is 0.787. The minimum Gasteiger partial charge on any atom is -0.309 e. The molecule has 0 spiro atoms. The summed E-state index contributed by atoms with van der Waals surface area (Å²) in [6, 6.07) is 16.5. The average Bonchev–Trinajstić information content (AvgIpc) is 2.41. The SMILES string of the molecule is CCc1ccccc1CNCc1ccc(Cl)cc1. The van der Waals surface area contributed by atoms with Gasteiger partial charge in [-0.3, -0.25) is 0 Å². The van der Waals surface area contributed by atoms with Crippen LogP contribution >= 0.6 is 11.6 Å². The van der Waals surface area contributed by atoms with Crippen LogP contribution < -0.4 is 5.32 Å². The first-order valence-electron chi connectivity index (χ1n) is 6.31. The normalized spacial score (nSPS) is 10.6. The fourth-order valence-corrected chi connectivity index (χ4v) is 2.14. The lowest BCUT2D eigenvalue weighted by molar-refractivity contribution is 0.688. The van der Waals surface area contributed by atoms with E-state index >= 15 is 0 Å². The van der Waals surface area contributed by atoms with Gasteiger partial charge >= 0.3 is 0 Å². The van der Waals surface area contributed by atoms with Crippen molar-refractivity contribution in [3.63, 3.8) is 0 Å². The molecule has 2 heteroatoms. The predicted octanol–water partition coefficient (Wildman–Crippen LogP) is 4.19. The third-order valence-electron chi connectivity index (χ3n) is 3.06. The summed E-state index contributed by atoms with van der Waals surface area (Å²) in [6.45, 7) is 3.97. The lowest BCUT2D eigenvalue weighted by atomic mass is 10.1. The number of halogens is 1. The summed E-state index contributed by atoms with van der Waals surface area (Å²) in [5.74, 6) is 0. The first-order chi connectivity index (χ1) is 8.79. The summed E-state index contributed by atoms with van der Waals surface area (Å²) in [5, 5.41) is 4.26. The summed E-state index contributed by atoms with van der Waals surface area (Å²) < 4.78 is 0. The Morgan fingerprint density at radius 1 is 0.889 bits per heavy atom. The van der Waals surface area contributed by atoms with Crippen molar-refractivity contribution in [2.75, 3.05) is 0 Å². The van der Waals surface area contributed by atoms with E-state index in [1.54, 1.807) is 0 Å². The van der Waals surface area contributed by atoms with Crippen LogP contribution in [0.3, 0.4) is 0 Å². The number of nitrogens with one attached hydrogen (secondary N) is 1. The Morgan fingerprint density at radius 3 is 2.22 bits per heavy atom. The van der Waals surface area contributed by atoms with Gasteiger partial charge < -0.3 is 5.32 Å². The highest BCUT2D eigenvalue weighted by molar-refractivity contribution is 6.30. The van der Waals surface area contributed by atoms with Crippen molar-refractivity contribution in [3.05, 3.63) is 70.2 Å². The van der Waals surface area contributed by atoms with Crippen LogP contribution in [-0.2, 0) is 19.5 Å². The van der Waals surface area contributed by atoms with Crippen molar-refractivity contribution < 1.29 is 0 Å². The highest BCUT2D eigenvalue weighted by Crippen LogP contribution is 2.11. The largest absolute Gasteiger partial charge is 0.309 e. The number of hydrogen-bond acceptors (Lipinski definition) is 1. The molecular formula is C16H18ClN. The van der Waals surface area contributed by atoms with Gasteiger partial charge in [0.2, 0.25) is 0 Å². The zero-order chi connectivity index (χ0) is 12.8. The van der Waals surface area contributed by atoms with Crippen LogP contribution in [0.15, 0.2) is 48.5 Å². The summed E-state index contributed by atoms with van der Waals surface area (Å²) >= 11 is 5.86. The van der Waals surface area contributed by atoms with Gasteiger partial charge in [0.05, 0.1) is 0 Å². The molecular weight excluding hydrogens is 242 g/mol. The molecule has 0 saturated heterocycles. The Hall–Kier alpha value is -1.31. The van der Waals surface area contributed by atoms with Crippen LogP contribution in [-0.4, -0.2) is 0 Å². The molecule has 0 aliphatic carbocycles. The molecule has 0 atom stereocenters. The molecule has 2 aromatic rings. The highest BCUT2D eigenvalue weighted by Gasteiger charge is 1.99. The second-order valence-electron chi connectivity index (χ2n) is 4.35. The van der Waals surface area contributed by atoms with Crippen LogP contribution in [0.4, 0.5) is 0 Å². The van der Waals surface area contributed by atoms with Gasteiger partial charge in [0.25, 0.3) is 0 Å². The molecule has 0 bridgehead atoms. The molecule has 0 amide bonds. The maximum absolute atomic E-state index is 5.86. The van der Waals surface area contributed by atoms with Crippen LogP contribution in [0.5, 0.6) is 0 Å². The Bertz CT molecular complexity index is 491. The van der Waals surface area contributed by atoms with E-state index in [1.807, 2.05) is 12.1 Å². The second-order valence-corrected chi connectivity index (χ2v) is 4.79. The van der Waals surface area contributed by atoms with E-state index in [0.717, 1.165) is 24.5 Å². The zero-order valence-electron chi connectivity index (χ0n) is 10.6. The molecule has 0 saturated carbocycles. The van der Waals surface area contributed by atoms with E-state index in [9.17, 15) is 0 Å². The zero-order valence-corrected chi connectivity index (χ0v) is 11.4. The molecule has 0 heterocycles. The lowest BCUT2D eigenvalue weighted by Crippen LogP contribution is -2.13. The van der Waals surface area contributed by atoms with E-state index in [1.165, 1.54) is 16.7 Å². The number of benzene rings is 2. The van der Waals surface area contributed by atoms with Crippen LogP contribution in [0, 0.1) is 0 Å². The molecule has 0 aliphatic rings. The molecule has 1 nitrogen and oxygen atoms in total. The van der Waals surface area contributed by atoms with Gasteiger partial charge in [-0.15, -0.1) is 0 Å². The maximum atomic E-state index is 5.86. The van der Waals surface area contributed by atoms with Crippen LogP contribution in [0.2, 0.25) is 5.02 Å². The van der Waals surface area contributed by atoms with E-state index < -0.39 is 0 Å². The fraction of sp³-hybridized carbons (Fsp3) is 0.250. The standard InChI is InChI=1S/C16H18ClN/c1-2-14-5-3-4-6-15(14)12-18-11-13-7-9-16(17)10-8-13/h3-10,18H,2,11-12H2,1H3. The first-order valence-corrected chi connectivity index (χ1v) is 6.69. The fourth-order valence-electron chi connectivity index (χ4n) is 2.02.